The lowest BCUT2D eigenvalue weighted by molar-refractivity contribution is -0.129. The first kappa shape index (κ1) is 14.7. The minimum Gasteiger partial charge on any atom is -0.385 e. The van der Waals surface area contributed by atoms with Gasteiger partial charge in [0.2, 0.25) is 5.91 Å². The van der Waals surface area contributed by atoms with Gasteiger partial charge in [-0.1, -0.05) is 0 Å². The van der Waals surface area contributed by atoms with Crippen molar-refractivity contribution >= 4 is 17.3 Å². The molecule has 0 aromatic heterocycles. The molecule has 1 heterocycles. The van der Waals surface area contributed by atoms with Crippen molar-refractivity contribution in [3.63, 3.8) is 0 Å². The van der Waals surface area contributed by atoms with Gasteiger partial charge in [-0.05, 0) is 50.5 Å². The van der Waals surface area contributed by atoms with Crippen LogP contribution in [-0.4, -0.2) is 44.0 Å². The Morgan fingerprint density at radius 2 is 2.05 bits per heavy atom. The van der Waals surface area contributed by atoms with Gasteiger partial charge in [0.05, 0.1) is 6.54 Å². The Balaban J connectivity index is 2.05. The monoisotopic (exact) mass is 275 g/mol. The number of carbonyl (C=O) groups excluding carboxylic acids is 1. The summed E-state index contributed by atoms with van der Waals surface area (Å²) in [6.45, 7) is 7.09. The van der Waals surface area contributed by atoms with Crippen LogP contribution in [-0.2, 0) is 11.2 Å². The number of hydrogen-bond acceptors (Lipinski definition) is 3. The molecule has 0 atom stereocenters. The van der Waals surface area contributed by atoms with Crippen molar-refractivity contribution in [3.05, 3.63) is 23.8 Å². The van der Waals surface area contributed by atoms with Crippen LogP contribution < -0.4 is 10.2 Å². The summed E-state index contributed by atoms with van der Waals surface area (Å²) >= 11 is 0. The minimum atomic E-state index is 0.188. The number of anilines is 2. The van der Waals surface area contributed by atoms with Gasteiger partial charge in [0.1, 0.15) is 0 Å². The van der Waals surface area contributed by atoms with Crippen LogP contribution >= 0.6 is 0 Å². The summed E-state index contributed by atoms with van der Waals surface area (Å²) in [6, 6.07) is 6.42. The van der Waals surface area contributed by atoms with Gasteiger partial charge in [-0.2, -0.15) is 0 Å². The van der Waals surface area contributed by atoms with E-state index >= 15 is 0 Å². The van der Waals surface area contributed by atoms with E-state index in [1.807, 2.05) is 30.7 Å². The second-order valence-corrected chi connectivity index (χ2v) is 5.29. The average molecular weight is 275 g/mol. The van der Waals surface area contributed by atoms with Crippen LogP contribution in [0.5, 0.6) is 0 Å². The Labute approximate surface area is 121 Å². The number of benzene rings is 1. The predicted octanol–water partition coefficient (Wildman–Crippen LogP) is 2.35. The van der Waals surface area contributed by atoms with Gasteiger partial charge in [-0.25, -0.2) is 0 Å². The highest BCUT2D eigenvalue weighted by Crippen LogP contribution is 2.26. The van der Waals surface area contributed by atoms with Crippen molar-refractivity contribution < 1.29 is 4.79 Å². The maximum Gasteiger partial charge on any atom is 0.242 e. The average Bonchev–Trinajstić information content (AvgIpc) is 2.48. The molecule has 0 unspecified atom stereocenters. The summed E-state index contributed by atoms with van der Waals surface area (Å²) in [5.41, 5.74) is 3.72. The van der Waals surface area contributed by atoms with Gasteiger partial charge in [-0.3, -0.25) is 4.79 Å². The molecule has 0 fully saturated rings. The van der Waals surface area contributed by atoms with Crippen LogP contribution in [0.3, 0.4) is 0 Å². The number of fused-ring (bicyclic) bond motifs is 1. The third-order valence-electron chi connectivity index (χ3n) is 3.96. The van der Waals surface area contributed by atoms with E-state index in [1.54, 1.807) is 0 Å². The zero-order chi connectivity index (χ0) is 14.5. The molecule has 4 heteroatoms. The topological polar surface area (TPSA) is 35.6 Å². The minimum absolute atomic E-state index is 0.188. The summed E-state index contributed by atoms with van der Waals surface area (Å²) in [4.78, 5) is 16.1. The first-order valence-electron chi connectivity index (χ1n) is 7.51. The van der Waals surface area contributed by atoms with Crippen LogP contribution in [0.25, 0.3) is 0 Å². The number of carbonyl (C=O) groups is 1. The fourth-order valence-electron chi connectivity index (χ4n) is 2.67. The highest BCUT2D eigenvalue weighted by atomic mass is 16.2. The third-order valence-corrected chi connectivity index (χ3v) is 3.96. The molecule has 2 rings (SSSR count). The summed E-state index contributed by atoms with van der Waals surface area (Å²) in [5.74, 6) is 0.188. The van der Waals surface area contributed by atoms with Gasteiger partial charge < -0.3 is 15.1 Å². The lowest BCUT2D eigenvalue weighted by atomic mass is 10.0. The quantitative estimate of drug-likeness (QED) is 0.896. The maximum atomic E-state index is 12.1. The fourth-order valence-corrected chi connectivity index (χ4v) is 2.67. The lowest BCUT2D eigenvalue weighted by Gasteiger charge is -2.26. The highest BCUT2D eigenvalue weighted by molar-refractivity contribution is 5.81. The highest BCUT2D eigenvalue weighted by Gasteiger charge is 2.15. The summed E-state index contributed by atoms with van der Waals surface area (Å²) in [6.07, 6.45) is 2.30. The second-order valence-electron chi connectivity index (χ2n) is 5.29. The zero-order valence-corrected chi connectivity index (χ0v) is 12.8. The maximum absolute atomic E-state index is 12.1. The molecule has 0 saturated heterocycles. The van der Waals surface area contributed by atoms with E-state index in [0.717, 1.165) is 31.7 Å². The van der Waals surface area contributed by atoms with Crippen molar-refractivity contribution in [1.82, 2.24) is 4.90 Å². The third kappa shape index (κ3) is 3.24. The molecular formula is C16H25N3O. The molecule has 0 saturated carbocycles. The fraction of sp³-hybridized carbons (Fsp3) is 0.562. The van der Waals surface area contributed by atoms with E-state index < -0.39 is 0 Å². The molecule has 1 aromatic carbocycles. The Hall–Kier alpha value is -1.71. The Morgan fingerprint density at radius 1 is 1.30 bits per heavy atom. The van der Waals surface area contributed by atoms with E-state index in [2.05, 4.69) is 23.5 Å². The van der Waals surface area contributed by atoms with Crippen molar-refractivity contribution in [2.45, 2.75) is 26.7 Å². The number of amides is 1. The number of nitrogens with zero attached hydrogens (tertiary/aromatic N) is 2. The lowest BCUT2D eigenvalue weighted by Crippen LogP contribution is -2.38. The molecule has 1 aliphatic rings. The predicted molar refractivity (Wildman–Crippen MR) is 84.5 cm³/mol. The molecule has 20 heavy (non-hydrogen) atoms. The number of nitrogens with one attached hydrogen (secondary N) is 1. The SMILES string of the molecule is CCN(CC)C(=O)CN(C)c1ccc2c(c1)CCCN2. The van der Waals surface area contributed by atoms with E-state index in [4.69, 9.17) is 0 Å². The molecule has 0 aliphatic carbocycles. The van der Waals surface area contributed by atoms with Crippen LogP contribution in [0, 0.1) is 0 Å². The van der Waals surface area contributed by atoms with E-state index in [1.165, 1.54) is 17.7 Å². The molecule has 1 aromatic rings. The smallest absolute Gasteiger partial charge is 0.242 e. The van der Waals surface area contributed by atoms with Crippen molar-refractivity contribution in [1.29, 1.82) is 0 Å². The van der Waals surface area contributed by atoms with Crippen LogP contribution in [0.1, 0.15) is 25.8 Å². The normalized spacial score (nSPS) is 13.3. The molecule has 4 nitrogen and oxygen atoms in total. The number of aryl methyl sites for hydroxylation is 1. The van der Waals surface area contributed by atoms with Gasteiger partial charge in [0.15, 0.2) is 0 Å². The Bertz CT molecular complexity index is 469. The zero-order valence-electron chi connectivity index (χ0n) is 12.8. The second kappa shape index (κ2) is 6.64. The van der Waals surface area contributed by atoms with Crippen LogP contribution in [0.2, 0.25) is 0 Å². The first-order chi connectivity index (χ1) is 9.65. The van der Waals surface area contributed by atoms with Gasteiger partial charge in [0.25, 0.3) is 0 Å². The van der Waals surface area contributed by atoms with Gasteiger partial charge in [0, 0.05) is 38.1 Å². The molecule has 1 amide bonds. The van der Waals surface area contributed by atoms with E-state index in [-0.39, 0.29) is 5.91 Å². The van der Waals surface area contributed by atoms with Crippen molar-refractivity contribution in [2.24, 2.45) is 0 Å². The number of rotatable bonds is 5. The van der Waals surface area contributed by atoms with Gasteiger partial charge >= 0.3 is 0 Å². The Morgan fingerprint density at radius 3 is 2.75 bits per heavy atom. The first-order valence-corrected chi connectivity index (χ1v) is 7.51. The largest absolute Gasteiger partial charge is 0.385 e. The van der Waals surface area contributed by atoms with Crippen LogP contribution in [0.4, 0.5) is 11.4 Å². The van der Waals surface area contributed by atoms with Crippen molar-refractivity contribution in [3.8, 4) is 0 Å². The summed E-state index contributed by atoms with van der Waals surface area (Å²) < 4.78 is 0. The van der Waals surface area contributed by atoms with Crippen LogP contribution in [0.15, 0.2) is 18.2 Å². The summed E-state index contributed by atoms with van der Waals surface area (Å²) in [7, 11) is 1.99. The van der Waals surface area contributed by atoms with E-state index in [0.29, 0.717) is 6.54 Å². The molecule has 0 spiro atoms. The molecule has 1 N–H and O–H groups in total. The number of hydrogen-bond donors (Lipinski definition) is 1. The molecule has 0 radical (unpaired) electrons. The molecule has 0 bridgehead atoms. The van der Waals surface area contributed by atoms with Crippen molar-refractivity contribution in [2.75, 3.05) is 43.4 Å². The molecule has 1 aliphatic heterocycles. The van der Waals surface area contributed by atoms with E-state index in [9.17, 15) is 4.79 Å². The standard InChI is InChI=1S/C16H25N3O/c1-4-19(5-2)16(20)12-18(3)14-8-9-15-13(11-14)7-6-10-17-15/h8-9,11,17H,4-7,10,12H2,1-3H3. The molecule has 110 valence electrons. The number of likely N-dealkylation sites (N-methyl/N-ethyl adjacent to an activating group) is 2. The molecular weight excluding hydrogens is 250 g/mol. The van der Waals surface area contributed by atoms with Gasteiger partial charge in [-0.15, -0.1) is 0 Å². The Kier molecular flexibility index (Phi) is 4.88. The summed E-state index contributed by atoms with van der Waals surface area (Å²) in [5, 5.41) is 3.41.